The molecule has 2 amide bonds. The van der Waals surface area contributed by atoms with E-state index in [4.69, 9.17) is 5.11 Å². The number of carboxylic acid groups (broad SMARTS) is 1. The highest BCUT2D eigenvalue weighted by Gasteiger charge is 2.33. The van der Waals surface area contributed by atoms with Gasteiger partial charge in [-0.05, 0) is 47.0 Å². The quantitative estimate of drug-likeness (QED) is 0.807. The van der Waals surface area contributed by atoms with E-state index in [0.717, 1.165) is 6.07 Å². The molecule has 23 heavy (non-hydrogen) atoms. The molecule has 0 bridgehead atoms. The summed E-state index contributed by atoms with van der Waals surface area (Å²) in [4.78, 5) is 36.4. The molecule has 0 spiro atoms. The molecule has 0 aliphatic carbocycles. The van der Waals surface area contributed by atoms with Gasteiger partial charge in [0.15, 0.2) is 0 Å². The summed E-state index contributed by atoms with van der Waals surface area (Å²) in [5.41, 5.74) is 0.141. The summed E-state index contributed by atoms with van der Waals surface area (Å²) in [6.07, 6.45) is 1.11. The van der Waals surface area contributed by atoms with Crippen LogP contribution in [0.15, 0.2) is 22.7 Å². The highest BCUT2D eigenvalue weighted by atomic mass is 79.9. The van der Waals surface area contributed by atoms with E-state index >= 15 is 0 Å². The third kappa shape index (κ3) is 4.28. The number of likely N-dealkylation sites (tertiary alicyclic amines) is 1. The van der Waals surface area contributed by atoms with Crippen molar-refractivity contribution in [1.82, 2.24) is 10.2 Å². The molecule has 124 valence electrons. The van der Waals surface area contributed by atoms with E-state index in [9.17, 15) is 18.8 Å². The van der Waals surface area contributed by atoms with E-state index in [-0.39, 0.29) is 24.4 Å². The van der Waals surface area contributed by atoms with Gasteiger partial charge in [0, 0.05) is 24.0 Å². The van der Waals surface area contributed by atoms with Crippen LogP contribution in [0, 0.1) is 5.82 Å². The molecule has 8 heteroatoms. The number of amides is 2. The van der Waals surface area contributed by atoms with Crippen LogP contribution in [0.25, 0.3) is 0 Å². The monoisotopic (exact) mass is 386 g/mol. The Labute approximate surface area is 140 Å². The number of benzene rings is 1. The number of carbonyl (C=O) groups is 3. The van der Waals surface area contributed by atoms with E-state index in [1.54, 1.807) is 0 Å². The van der Waals surface area contributed by atoms with E-state index in [1.165, 1.54) is 17.0 Å². The summed E-state index contributed by atoms with van der Waals surface area (Å²) in [6.45, 7) is 0.475. The zero-order chi connectivity index (χ0) is 17.0. The van der Waals surface area contributed by atoms with E-state index in [1.807, 2.05) is 0 Å². The van der Waals surface area contributed by atoms with Crippen molar-refractivity contribution >= 4 is 33.7 Å². The fraction of sp³-hybridized carbons (Fsp3) is 0.400. The molecule has 0 saturated carbocycles. The van der Waals surface area contributed by atoms with Crippen LogP contribution in [-0.4, -0.2) is 46.9 Å². The average Bonchev–Trinajstić information content (AvgIpc) is 2.99. The van der Waals surface area contributed by atoms with Crippen LogP contribution in [0.5, 0.6) is 0 Å². The number of halogens is 2. The lowest BCUT2D eigenvalue weighted by atomic mass is 10.2. The molecule has 1 saturated heterocycles. The Morgan fingerprint density at radius 1 is 1.39 bits per heavy atom. The first kappa shape index (κ1) is 17.4. The van der Waals surface area contributed by atoms with Crippen LogP contribution < -0.4 is 5.32 Å². The van der Waals surface area contributed by atoms with Gasteiger partial charge < -0.3 is 15.3 Å². The summed E-state index contributed by atoms with van der Waals surface area (Å²) in [5.74, 6) is -2.35. The minimum atomic E-state index is -1.01. The highest BCUT2D eigenvalue weighted by molar-refractivity contribution is 9.10. The van der Waals surface area contributed by atoms with Gasteiger partial charge in [-0.15, -0.1) is 0 Å². The normalized spacial score (nSPS) is 17.1. The fourth-order valence-electron chi connectivity index (χ4n) is 2.52. The molecule has 1 aromatic rings. The fourth-order valence-corrected chi connectivity index (χ4v) is 2.94. The maximum Gasteiger partial charge on any atom is 0.326 e. The van der Waals surface area contributed by atoms with Gasteiger partial charge >= 0.3 is 5.97 Å². The van der Waals surface area contributed by atoms with Crippen molar-refractivity contribution in [3.8, 4) is 0 Å². The van der Waals surface area contributed by atoms with Gasteiger partial charge in [0.25, 0.3) is 5.91 Å². The Morgan fingerprint density at radius 2 is 2.13 bits per heavy atom. The molecular formula is C15H16BrFN2O4. The predicted octanol–water partition coefficient (Wildman–Crippen LogP) is 1.78. The van der Waals surface area contributed by atoms with Gasteiger partial charge in [0.1, 0.15) is 11.9 Å². The van der Waals surface area contributed by atoms with Crippen LogP contribution in [0.2, 0.25) is 0 Å². The van der Waals surface area contributed by atoms with Crippen molar-refractivity contribution in [2.24, 2.45) is 0 Å². The average molecular weight is 387 g/mol. The maximum atomic E-state index is 13.2. The second kappa shape index (κ2) is 7.54. The minimum absolute atomic E-state index is 0.00244. The molecule has 1 aliphatic heterocycles. The number of hydrogen-bond donors (Lipinski definition) is 2. The Balaban J connectivity index is 1.87. The van der Waals surface area contributed by atoms with Crippen LogP contribution in [0.3, 0.4) is 0 Å². The first-order chi connectivity index (χ1) is 10.9. The van der Waals surface area contributed by atoms with Crippen molar-refractivity contribution in [3.05, 3.63) is 34.1 Å². The molecule has 1 aliphatic rings. The van der Waals surface area contributed by atoms with E-state index < -0.39 is 23.7 Å². The maximum absolute atomic E-state index is 13.2. The van der Waals surface area contributed by atoms with E-state index in [2.05, 4.69) is 21.2 Å². The molecule has 1 heterocycles. The van der Waals surface area contributed by atoms with Crippen LogP contribution in [0.1, 0.15) is 29.6 Å². The molecular weight excluding hydrogens is 371 g/mol. The van der Waals surface area contributed by atoms with Gasteiger partial charge in [0.05, 0.1) is 5.56 Å². The largest absolute Gasteiger partial charge is 0.480 e. The van der Waals surface area contributed by atoms with Gasteiger partial charge in [-0.25, -0.2) is 9.18 Å². The Hall–Kier alpha value is -1.96. The topological polar surface area (TPSA) is 86.7 Å². The molecule has 0 unspecified atom stereocenters. The zero-order valence-corrected chi connectivity index (χ0v) is 13.8. The number of carboxylic acids is 1. The second-order valence-electron chi connectivity index (χ2n) is 5.21. The van der Waals surface area contributed by atoms with E-state index in [0.29, 0.717) is 23.9 Å². The zero-order valence-electron chi connectivity index (χ0n) is 12.2. The van der Waals surface area contributed by atoms with Crippen molar-refractivity contribution in [2.45, 2.75) is 25.3 Å². The molecule has 1 fully saturated rings. The standard InChI is InChI=1S/C15H16BrFN2O4/c16-11-4-3-9(17)8-10(11)14(21)18-6-5-13(20)19-7-1-2-12(19)15(22)23/h3-4,8,12H,1-2,5-7H2,(H,18,21)(H,22,23)/t12-/m1/s1. The minimum Gasteiger partial charge on any atom is -0.480 e. The van der Waals surface area contributed by atoms with Gasteiger partial charge in [-0.1, -0.05) is 0 Å². The number of rotatable bonds is 5. The second-order valence-corrected chi connectivity index (χ2v) is 6.07. The van der Waals surface area contributed by atoms with Gasteiger partial charge in [-0.2, -0.15) is 0 Å². The van der Waals surface area contributed by atoms with Crippen molar-refractivity contribution in [3.63, 3.8) is 0 Å². The molecule has 0 aromatic heterocycles. The molecule has 6 nitrogen and oxygen atoms in total. The van der Waals surface area contributed by atoms with Crippen LogP contribution >= 0.6 is 15.9 Å². The number of carbonyl (C=O) groups excluding carboxylic acids is 2. The first-order valence-electron chi connectivity index (χ1n) is 7.15. The third-order valence-corrected chi connectivity index (χ3v) is 4.35. The van der Waals surface area contributed by atoms with Crippen molar-refractivity contribution in [2.75, 3.05) is 13.1 Å². The molecule has 2 rings (SSSR count). The summed E-state index contributed by atoms with van der Waals surface area (Å²) in [7, 11) is 0. The summed E-state index contributed by atoms with van der Waals surface area (Å²) in [6, 6.07) is 2.97. The Kier molecular flexibility index (Phi) is 5.70. The summed E-state index contributed by atoms with van der Waals surface area (Å²) >= 11 is 3.16. The SMILES string of the molecule is O=C(NCCC(=O)N1CCC[C@@H]1C(=O)O)c1cc(F)ccc1Br. The van der Waals surface area contributed by atoms with Crippen molar-refractivity contribution < 1.29 is 23.9 Å². The Morgan fingerprint density at radius 3 is 2.83 bits per heavy atom. The number of aliphatic carboxylic acids is 1. The molecule has 2 N–H and O–H groups in total. The van der Waals surface area contributed by atoms with Crippen LogP contribution in [0.4, 0.5) is 4.39 Å². The lowest BCUT2D eigenvalue weighted by Gasteiger charge is -2.21. The molecule has 0 radical (unpaired) electrons. The third-order valence-electron chi connectivity index (χ3n) is 3.66. The number of hydrogen-bond acceptors (Lipinski definition) is 3. The van der Waals surface area contributed by atoms with Gasteiger partial charge in [0.2, 0.25) is 5.91 Å². The van der Waals surface area contributed by atoms with Gasteiger partial charge in [-0.3, -0.25) is 9.59 Å². The molecule has 1 aromatic carbocycles. The first-order valence-corrected chi connectivity index (χ1v) is 7.95. The number of nitrogens with zero attached hydrogens (tertiary/aromatic N) is 1. The lowest BCUT2D eigenvalue weighted by molar-refractivity contribution is -0.148. The van der Waals surface area contributed by atoms with Crippen LogP contribution in [-0.2, 0) is 9.59 Å². The summed E-state index contributed by atoms with van der Waals surface area (Å²) < 4.78 is 13.6. The lowest BCUT2D eigenvalue weighted by Crippen LogP contribution is -2.41. The Bertz CT molecular complexity index is 638. The highest BCUT2D eigenvalue weighted by Crippen LogP contribution is 2.19. The molecule has 1 atom stereocenters. The van der Waals surface area contributed by atoms with Crippen molar-refractivity contribution in [1.29, 1.82) is 0 Å². The smallest absolute Gasteiger partial charge is 0.326 e. The summed E-state index contributed by atoms with van der Waals surface area (Å²) in [5, 5.41) is 11.6. The number of nitrogens with one attached hydrogen (secondary N) is 1. The predicted molar refractivity (Wildman–Crippen MR) is 83.4 cm³/mol.